The highest BCUT2D eigenvalue weighted by atomic mass is 32.2. The summed E-state index contributed by atoms with van der Waals surface area (Å²) in [4.78, 5) is 25.6. The third-order valence-corrected chi connectivity index (χ3v) is 6.55. The van der Waals surface area contributed by atoms with E-state index in [1.54, 1.807) is 6.08 Å². The smallest absolute Gasteiger partial charge is 0.305 e. The predicted octanol–water partition coefficient (Wildman–Crippen LogP) is 5.52. The Balaban J connectivity index is 1.57. The van der Waals surface area contributed by atoms with Crippen molar-refractivity contribution in [3.8, 4) is 11.5 Å². The van der Waals surface area contributed by atoms with Gasteiger partial charge in [-0.2, -0.15) is 0 Å². The number of carbonyl (C=O) groups is 2. The number of nitrogens with zero attached hydrogens (tertiary/aromatic N) is 1. The quantitative estimate of drug-likeness (QED) is 0.287. The van der Waals surface area contributed by atoms with Crippen molar-refractivity contribution >= 4 is 46.3 Å². The molecule has 1 heterocycles. The molecule has 0 bridgehead atoms. The molecule has 0 saturated carbocycles. The zero-order chi connectivity index (χ0) is 24.6. The fourth-order valence-corrected chi connectivity index (χ4v) is 4.68. The largest absolute Gasteiger partial charge is 0.489 e. The third-order valence-electron chi connectivity index (χ3n) is 5.18. The van der Waals surface area contributed by atoms with Gasteiger partial charge in [0, 0.05) is 12.1 Å². The fraction of sp³-hybridized carbons (Fsp3) is 0.148. The Morgan fingerprint density at radius 3 is 2.20 bits per heavy atom. The number of carboxylic acid groups (broad SMARTS) is 1. The first kappa shape index (κ1) is 24.5. The highest BCUT2D eigenvalue weighted by Gasteiger charge is 2.32. The van der Waals surface area contributed by atoms with Gasteiger partial charge < -0.3 is 14.6 Å². The summed E-state index contributed by atoms with van der Waals surface area (Å²) in [5, 5.41) is 8.97. The van der Waals surface area contributed by atoms with Gasteiger partial charge in [-0.3, -0.25) is 14.5 Å². The Bertz CT molecular complexity index is 1240. The van der Waals surface area contributed by atoms with E-state index in [1.807, 2.05) is 78.9 Å². The van der Waals surface area contributed by atoms with Gasteiger partial charge in [-0.15, -0.1) is 0 Å². The average molecular weight is 506 g/mol. The minimum absolute atomic E-state index is 0.0366. The highest BCUT2D eigenvalue weighted by Crippen LogP contribution is 2.35. The molecule has 0 spiro atoms. The van der Waals surface area contributed by atoms with Crippen LogP contribution in [-0.4, -0.2) is 32.7 Å². The molecule has 35 heavy (non-hydrogen) atoms. The van der Waals surface area contributed by atoms with Gasteiger partial charge in [-0.25, -0.2) is 0 Å². The predicted molar refractivity (Wildman–Crippen MR) is 140 cm³/mol. The standard InChI is InChI=1S/C27H23NO5S2/c29-25(30)13-14-28-26(31)24(35-27(28)34)16-21-15-22(32-17-19-7-3-1-4-8-19)11-12-23(21)33-18-20-9-5-2-6-10-20/h1-12,15-16H,13-14,17-18H2,(H,29,30)/b24-16-. The SMILES string of the molecule is O=C(O)CCN1C(=O)/C(=C/c2cc(OCc3ccccc3)ccc2OCc2ccccc2)SC1=S. The lowest BCUT2D eigenvalue weighted by Crippen LogP contribution is -2.30. The fourth-order valence-electron chi connectivity index (χ4n) is 3.38. The van der Waals surface area contributed by atoms with Crippen LogP contribution in [0, 0.1) is 0 Å². The number of carbonyl (C=O) groups excluding carboxylic acids is 1. The van der Waals surface area contributed by atoms with E-state index in [2.05, 4.69) is 0 Å². The number of thioether (sulfide) groups is 1. The summed E-state index contributed by atoms with van der Waals surface area (Å²) in [6.45, 7) is 0.808. The van der Waals surface area contributed by atoms with E-state index in [1.165, 1.54) is 4.90 Å². The van der Waals surface area contributed by atoms with Crippen molar-refractivity contribution in [1.29, 1.82) is 0 Å². The molecule has 178 valence electrons. The molecule has 1 saturated heterocycles. The number of aliphatic carboxylic acids is 1. The molecule has 0 unspecified atom stereocenters. The van der Waals surface area contributed by atoms with Crippen LogP contribution in [0.3, 0.4) is 0 Å². The van der Waals surface area contributed by atoms with Gasteiger partial charge in [0.25, 0.3) is 5.91 Å². The van der Waals surface area contributed by atoms with E-state index in [0.717, 1.165) is 22.9 Å². The molecule has 1 fully saturated rings. The van der Waals surface area contributed by atoms with Crippen molar-refractivity contribution in [2.45, 2.75) is 19.6 Å². The second kappa shape index (κ2) is 11.7. The van der Waals surface area contributed by atoms with Crippen LogP contribution in [0.2, 0.25) is 0 Å². The van der Waals surface area contributed by atoms with Crippen molar-refractivity contribution in [2.24, 2.45) is 0 Å². The third kappa shape index (κ3) is 6.71. The minimum atomic E-state index is -0.983. The van der Waals surface area contributed by atoms with Gasteiger partial charge in [-0.05, 0) is 35.4 Å². The maximum Gasteiger partial charge on any atom is 0.305 e. The molecular weight excluding hydrogens is 482 g/mol. The molecule has 0 atom stereocenters. The normalized spacial score (nSPS) is 14.4. The van der Waals surface area contributed by atoms with E-state index in [0.29, 0.717) is 39.5 Å². The van der Waals surface area contributed by atoms with Crippen molar-refractivity contribution in [1.82, 2.24) is 4.90 Å². The first-order chi connectivity index (χ1) is 17.0. The molecular formula is C27H23NO5S2. The first-order valence-corrected chi connectivity index (χ1v) is 12.2. The molecule has 1 aliphatic heterocycles. The number of amides is 1. The molecule has 1 N–H and O–H groups in total. The lowest BCUT2D eigenvalue weighted by atomic mass is 10.1. The lowest BCUT2D eigenvalue weighted by Gasteiger charge is -2.13. The Morgan fingerprint density at radius 1 is 0.943 bits per heavy atom. The van der Waals surface area contributed by atoms with Crippen molar-refractivity contribution in [3.63, 3.8) is 0 Å². The molecule has 0 aromatic heterocycles. The second-order valence-corrected chi connectivity index (χ2v) is 9.40. The van der Waals surface area contributed by atoms with Crippen molar-refractivity contribution < 1.29 is 24.2 Å². The number of carboxylic acids is 1. The lowest BCUT2D eigenvalue weighted by molar-refractivity contribution is -0.137. The van der Waals surface area contributed by atoms with Crippen molar-refractivity contribution in [2.75, 3.05) is 6.54 Å². The van der Waals surface area contributed by atoms with Gasteiger partial charge in [0.05, 0.1) is 11.3 Å². The number of ether oxygens (including phenoxy) is 2. The topological polar surface area (TPSA) is 76.1 Å². The van der Waals surface area contributed by atoms with E-state index < -0.39 is 5.97 Å². The minimum Gasteiger partial charge on any atom is -0.489 e. The van der Waals surface area contributed by atoms with Gasteiger partial charge in [0.2, 0.25) is 0 Å². The van der Waals surface area contributed by atoms with Gasteiger partial charge in [-0.1, -0.05) is 84.6 Å². The molecule has 3 aromatic rings. The van der Waals surface area contributed by atoms with Crippen LogP contribution >= 0.6 is 24.0 Å². The van der Waals surface area contributed by atoms with E-state index >= 15 is 0 Å². The van der Waals surface area contributed by atoms with E-state index in [-0.39, 0.29) is 18.9 Å². The molecule has 6 nitrogen and oxygen atoms in total. The van der Waals surface area contributed by atoms with Crippen LogP contribution in [0.4, 0.5) is 0 Å². The van der Waals surface area contributed by atoms with Crippen LogP contribution < -0.4 is 9.47 Å². The van der Waals surface area contributed by atoms with Crippen molar-refractivity contribution in [3.05, 3.63) is 100 Å². The maximum atomic E-state index is 12.9. The second-order valence-electron chi connectivity index (χ2n) is 7.73. The zero-order valence-electron chi connectivity index (χ0n) is 18.8. The Kier molecular flexibility index (Phi) is 8.18. The monoisotopic (exact) mass is 505 g/mol. The van der Waals surface area contributed by atoms with Gasteiger partial charge >= 0.3 is 5.97 Å². The number of hydrogen-bond acceptors (Lipinski definition) is 6. The van der Waals surface area contributed by atoms with E-state index in [9.17, 15) is 9.59 Å². The van der Waals surface area contributed by atoms with Crippen LogP contribution in [-0.2, 0) is 22.8 Å². The summed E-state index contributed by atoms with van der Waals surface area (Å²) in [5.74, 6) is -0.0704. The molecule has 3 aromatic carbocycles. The number of hydrogen-bond donors (Lipinski definition) is 1. The van der Waals surface area contributed by atoms with Gasteiger partial charge in [0.15, 0.2) is 0 Å². The first-order valence-electron chi connectivity index (χ1n) is 10.9. The summed E-state index contributed by atoms with van der Waals surface area (Å²) in [6.07, 6.45) is 1.55. The van der Waals surface area contributed by atoms with Crippen LogP contribution in [0.25, 0.3) is 6.08 Å². The molecule has 1 amide bonds. The maximum absolute atomic E-state index is 12.9. The zero-order valence-corrected chi connectivity index (χ0v) is 20.4. The summed E-state index contributed by atoms with van der Waals surface area (Å²) in [6, 6.07) is 25.1. The Morgan fingerprint density at radius 2 is 1.57 bits per heavy atom. The molecule has 0 aliphatic carbocycles. The Hall–Kier alpha value is -3.62. The van der Waals surface area contributed by atoms with Crippen LogP contribution in [0.1, 0.15) is 23.1 Å². The van der Waals surface area contributed by atoms with Crippen LogP contribution in [0.5, 0.6) is 11.5 Å². The molecule has 1 aliphatic rings. The number of benzene rings is 3. The summed E-state index contributed by atoms with van der Waals surface area (Å²) in [7, 11) is 0. The number of rotatable bonds is 10. The molecule has 8 heteroatoms. The summed E-state index contributed by atoms with van der Waals surface area (Å²) >= 11 is 6.46. The van der Waals surface area contributed by atoms with Gasteiger partial charge in [0.1, 0.15) is 29.0 Å². The summed E-state index contributed by atoms with van der Waals surface area (Å²) < 4.78 is 12.4. The highest BCUT2D eigenvalue weighted by molar-refractivity contribution is 8.26. The molecule has 4 rings (SSSR count). The average Bonchev–Trinajstić information content (AvgIpc) is 3.13. The van der Waals surface area contributed by atoms with Crippen LogP contribution in [0.15, 0.2) is 83.8 Å². The summed E-state index contributed by atoms with van der Waals surface area (Å²) in [5.41, 5.74) is 2.73. The Labute approximate surface area is 213 Å². The molecule has 0 radical (unpaired) electrons. The number of thiocarbonyl (C=S) groups is 1. The van der Waals surface area contributed by atoms with E-state index in [4.69, 9.17) is 26.8 Å².